The third-order valence-corrected chi connectivity index (χ3v) is 3.92. The molecule has 0 saturated carbocycles. The Morgan fingerprint density at radius 1 is 1.05 bits per heavy atom. The van der Waals surface area contributed by atoms with Crippen LogP contribution < -0.4 is 5.32 Å². The van der Waals surface area contributed by atoms with Crippen LogP contribution in [0.2, 0.25) is 0 Å². The summed E-state index contributed by atoms with van der Waals surface area (Å²) in [5.41, 5.74) is 3.76. The summed E-state index contributed by atoms with van der Waals surface area (Å²) in [6, 6.07) is 14.6. The number of benzene rings is 2. The molecule has 0 radical (unpaired) electrons. The number of hydrogen-bond donors (Lipinski definition) is 1. The van der Waals surface area contributed by atoms with E-state index < -0.39 is 0 Å². The lowest BCUT2D eigenvalue weighted by Crippen LogP contribution is -1.88. The lowest BCUT2D eigenvalue weighted by Gasteiger charge is -2.07. The van der Waals surface area contributed by atoms with Crippen LogP contribution >= 0.6 is 11.3 Å². The maximum Gasteiger partial charge on any atom is 0.182 e. The Balaban J connectivity index is 2.13. The van der Waals surface area contributed by atoms with E-state index in [0.29, 0.717) is 0 Å². The number of halogens is 1. The second-order valence-electron chi connectivity index (χ2n) is 4.34. The van der Waals surface area contributed by atoms with Crippen molar-refractivity contribution in [3.63, 3.8) is 0 Å². The van der Waals surface area contributed by atoms with Crippen molar-refractivity contribution in [1.29, 1.82) is 0 Å². The molecule has 20 heavy (non-hydrogen) atoms. The highest BCUT2D eigenvalue weighted by Crippen LogP contribution is 2.33. The van der Waals surface area contributed by atoms with Gasteiger partial charge in [-0.2, -0.15) is 0 Å². The molecule has 2 aromatic carbocycles. The highest BCUT2D eigenvalue weighted by molar-refractivity contribution is 7.14. The fourth-order valence-electron chi connectivity index (χ4n) is 2.13. The van der Waals surface area contributed by atoms with E-state index in [0.717, 1.165) is 27.5 Å². The smallest absolute Gasteiger partial charge is 0.182 e. The van der Waals surface area contributed by atoms with Crippen LogP contribution in [0.5, 0.6) is 0 Å². The standard InChI is InChI=1S/C16H13FN2S/c1-18-16-19-15(10-20-16)14-8-3-2-7-13(14)11-5-4-6-12(17)9-11/h2-10H,1H3,(H,18,19). The van der Waals surface area contributed by atoms with Crippen LogP contribution in [-0.4, -0.2) is 12.0 Å². The van der Waals surface area contributed by atoms with Crippen molar-refractivity contribution in [1.82, 2.24) is 4.98 Å². The summed E-state index contributed by atoms with van der Waals surface area (Å²) in [5, 5.41) is 5.91. The molecule has 3 aromatic rings. The van der Waals surface area contributed by atoms with Gasteiger partial charge in [-0.25, -0.2) is 9.37 Å². The van der Waals surface area contributed by atoms with Crippen LogP contribution in [0.4, 0.5) is 9.52 Å². The summed E-state index contributed by atoms with van der Waals surface area (Å²) in [6.07, 6.45) is 0. The molecule has 0 aliphatic carbocycles. The molecule has 2 nitrogen and oxygen atoms in total. The van der Waals surface area contributed by atoms with Gasteiger partial charge in [-0.1, -0.05) is 36.4 Å². The summed E-state index contributed by atoms with van der Waals surface area (Å²) in [6.45, 7) is 0. The highest BCUT2D eigenvalue weighted by atomic mass is 32.1. The molecule has 4 heteroatoms. The lowest BCUT2D eigenvalue weighted by molar-refractivity contribution is 0.628. The second-order valence-corrected chi connectivity index (χ2v) is 5.20. The van der Waals surface area contributed by atoms with Gasteiger partial charge in [0.1, 0.15) is 5.82 Å². The largest absolute Gasteiger partial charge is 0.365 e. The minimum atomic E-state index is -0.230. The third kappa shape index (κ3) is 2.42. The van der Waals surface area contributed by atoms with Crippen molar-refractivity contribution in [3.8, 4) is 22.4 Å². The maximum absolute atomic E-state index is 13.4. The molecule has 0 saturated heterocycles. The Morgan fingerprint density at radius 3 is 2.55 bits per heavy atom. The third-order valence-electron chi connectivity index (χ3n) is 3.06. The molecule has 1 aromatic heterocycles. The van der Waals surface area contributed by atoms with Gasteiger partial charge in [0.2, 0.25) is 0 Å². The quantitative estimate of drug-likeness (QED) is 0.756. The topological polar surface area (TPSA) is 24.9 Å². The first-order chi connectivity index (χ1) is 9.78. The second kappa shape index (κ2) is 5.43. The molecule has 0 spiro atoms. The highest BCUT2D eigenvalue weighted by Gasteiger charge is 2.10. The zero-order valence-corrected chi connectivity index (χ0v) is 11.7. The molecule has 0 fully saturated rings. The Morgan fingerprint density at radius 2 is 1.85 bits per heavy atom. The number of hydrogen-bond acceptors (Lipinski definition) is 3. The van der Waals surface area contributed by atoms with E-state index in [1.165, 1.54) is 6.07 Å². The fourth-order valence-corrected chi connectivity index (χ4v) is 2.80. The van der Waals surface area contributed by atoms with Crippen molar-refractivity contribution in [3.05, 3.63) is 59.7 Å². The summed E-state index contributed by atoms with van der Waals surface area (Å²) in [4.78, 5) is 4.52. The van der Waals surface area contributed by atoms with Gasteiger partial charge < -0.3 is 5.32 Å². The zero-order chi connectivity index (χ0) is 13.9. The van der Waals surface area contributed by atoms with Crippen molar-refractivity contribution in [2.45, 2.75) is 0 Å². The first-order valence-electron chi connectivity index (χ1n) is 6.26. The van der Waals surface area contributed by atoms with E-state index in [1.54, 1.807) is 23.5 Å². The summed E-state index contributed by atoms with van der Waals surface area (Å²) < 4.78 is 13.4. The summed E-state index contributed by atoms with van der Waals surface area (Å²) in [5.74, 6) is -0.230. The van der Waals surface area contributed by atoms with Crippen LogP contribution in [0.25, 0.3) is 22.4 Å². The predicted octanol–water partition coefficient (Wildman–Crippen LogP) is 4.66. The minimum absolute atomic E-state index is 0.230. The fraction of sp³-hybridized carbons (Fsp3) is 0.0625. The Labute approximate surface area is 120 Å². The summed E-state index contributed by atoms with van der Waals surface area (Å²) >= 11 is 1.56. The van der Waals surface area contributed by atoms with Crippen LogP contribution in [0, 0.1) is 5.82 Å². The van der Waals surface area contributed by atoms with E-state index in [1.807, 2.05) is 42.8 Å². The zero-order valence-electron chi connectivity index (χ0n) is 10.9. The molecule has 0 atom stereocenters. The first-order valence-corrected chi connectivity index (χ1v) is 7.14. The van der Waals surface area contributed by atoms with Gasteiger partial charge in [-0.3, -0.25) is 0 Å². The Bertz CT molecular complexity index is 737. The van der Waals surface area contributed by atoms with Gasteiger partial charge in [0, 0.05) is 18.0 Å². The van der Waals surface area contributed by atoms with Crippen molar-refractivity contribution in [2.75, 3.05) is 12.4 Å². The molecule has 100 valence electrons. The Kier molecular flexibility index (Phi) is 3.48. The molecule has 0 amide bonds. The van der Waals surface area contributed by atoms with Gasteiger partial charge >= 0.3 is 0 Å². The van der Waals surface area contributed by atoms with E-state index in [4.69, 9.17) is 0 Å². The molecule has 0 bridgehead atoms. The van der Waals surface area contributed by atoms with Gasteiger partial charge in [0.15, 0.2) is 5.13 Å². The number of rotatable bonds is 3. The lowest BCUT2D eigenvalue weighted by atomic mass is 9.98. The molecule has 1 heterocycles. The summed E-state index contributed by atoms with van der Waals surface area (Å²) in [7, 11) is 1.85. The Hall–Kier alpha value is -2.20. The molecule has 1 N–H and O–H groups in total. The average molecular weight is 284 g/mol. The number of thiazole rings is 1. The minimum Gasteiger partial charge on any atom is -0.365 e. The average Bonchev–Trinajstić information content (AvgIpc) is 2.96. The molecular weight excluding hydrogens is 271 g/mol. The van der Waals surface area contributed by atoms with Gasteiger partial charge in [0.05, 0.1) is 5.69 Å². The molecule has 0 unspecified atom stereocenters. The first kappa shape index (κ1) is 12.8. The molecule has 3 rings (SSSR count). The van der Waals surface area contributed by atoms with E-state index in [-0.39, 0.29) is 5.82 Å². The van der Waals surface area contributed by atoms with Gasteiger partial charge in [0.25, 0.3) is 0 Å². The maximum atomic E-state index is 13.4. The van der Waals surface area contributed by atoms with Crippen molar-refractivity contribution < 1.29 is 4.39 Å². The molecule has 0 aliphatic heterocycles. The predicted molar refractivity (Wildman–Crippen MR) is 82.5 cm³/mol. The number of aromatic nitrogens is 1. The van der Waals surface area contributed by atoms with E-state index in [2.05, 4.69) is 10.3 Å². The molecule has 0 aliphatic rings. The van der Waals surface area contributed by atoms with Crippen molar-refractivity contribution >= 4 is 16.5 Å². The van der Waals surface area contributed by atoms with Crippen LogP contribution in [0.15, 0.2) is 53.9 Å². The van der Waals surface area contributed by atoms with E-state index in [9.17, 15) is 4.39 Å². The van der Waals surface area contributed by atoms with Crippen LogP contribution in [0.3, 0.4) is 0 Å². The SMILES string of the molecule is CNc1nc(-c2ccccc2-c2cccc(F)c2)cs1. The normalized spacial score (nSPS) is 10.5. The van der Waals surface area contributed by atoms with Crippen molar-refractivity contribution in [2.24, 2.45) is 0 Å². The van der Waals surface area contributed by atoms with Crippen LogP contribution in [0.1, 0.15) is 0 Å². The van der Waals surface area contributed by atoms with E-state index >= 15 is 0 Å². The van der Waals surface area contributed by atoms with Crippen LogP contribution in [-0.2, 0) is 0 Å². The number of anilines is 1. The number of nitrogens with zero attached hydrogens (tertiary/aromatic N) is 1. The molecular formula is C16H13FN2S. The van der Waals surface area contributed by atoms with Gasteiger partial charge in [-0.05, 0) is 23.3 Å². The monoisotopic (exact) mass is 284 g/mol. The van der Waals surface area contributed by atoms with Gasteiger partial charge in [-0.15, -0.1) is 11.3 Å². The number of nitrogens with one attached hydrogen (secondary N) is 1.